The maximum Gasteiger partial charge on any atom is 0.119 e. The third-order valence-electron chi connectivity index (χ3n) is 2.72. The largest absolute Gasteiger partial charge is 0.494 e. The van der Waals surface area contributed by atoms with Crippen molar-refractivity contribution in [3.63, 3.8) is 0 Å². The minimum absolute atomic E-state index is 0.0544. The molecule has 1 aromatic carbocycles. The Hall–Kier alpha value is -1.06. The molecule has 18 heavy (non-hydrogen) atoms. The first-order chi connectivity index (χ1) is 8.77. The molecule has 0 saturated heterocycles. The van der Waals surface area contributed by atoms with Gasteiger partial charge in [-0.3, -0.25) is 0 Å². The van der Waals surface area contributed by atoms with Crippen LogP contribution in [-0.4, -0.2) is 19.8 Å². The van der Waals surface area contributed by atoms with Crippen LogP contribution in [-0.2, 0) is 4.74 Å². The summed E-state index contributed by atoms with van der Waals surface area (Å²) in [5.41, 5.74) is 7.13. The molecule has 0 aliphatic rings. The number of hydrogen-bond acceptors (Lipinski definition) is 3. The molecule has 1 rings (SSSR count). The Morgan fingerprint density at radius 2 is 1.78 bits per heavy atom. The molecule has 1 aromatic rings. The molecule has 3 nitrogen and oxygen atoms in total. The predicted octanol–water partition coefficient (Wildman–Crippen LogP) is 3.29. The minimum Gasteiger partial charge on any atom is -0.494 e. The van der Waals surface area contributed by atoms with Gasteiger partial charge in [0, 0.05) is 6.61 Å². The van der Waals surface area contributed by atoms with Crippen LogP contribution in [0.3, 0.4) is 0 Å². The molecule has 102 valence electrons. The van der Waals surface area contributed by atoms with Crippen LogP contribution in [0.5, 0.6) is 5.75 Å². The quantitative estimate of drug-likeness (QED) is 0.685. The van der Waals surface area contributed by atoms with Gasteiger partial charge in [0.1, 0.15) is 5.75 Å². The molecule has 0 aliphatic carbocycles. The molecule has 0 aromatic heterocycles. The highest BCUT2D eigenvalue weighted by atomic mass is 16.5. The highest BCUT2D eigenvalue weighted by molar-refractivity contribution is 5.29. The SMILES string of the molecule is CCCCOc1ccc(C(N)COCCC)cc1. The Kier molecular flexibility index (Phi) is 7.46. The maximum atomic E-state index is 6.04. The van der Waals surface area contributed by atoms with E-state index in [9.17, 15) is 0 Å². The summed E-state index contributed by atoms with van der Waals surface area (Å²) in [6, 6.07) is 7.93. The summed E-state index contributed by atoms with van der Waals surface area (Å²) in [7, 11) is 0. The lowest BCUT2D eigenvalue weighted by atomic mass is 10.1. The fourth-order valence-corrected chi connectivity index (χ4v) is 1.60. The molecule has 2 N–H and O–H groups in total. The average Bonchev–Trinajstić information content (AvgIpc) is 2.40. The first kappa shape index (κ1) is 15.0. The van der Waals surface area contributed by atoms with E-state index in [1.54, 1.807) is 0 Å². The standard InChI is InChI=1S/C15H25NO2/c1-3-5-11-18-14-8-6-13(7-9-14)15(16)12-17-10-4-2/h6-9,15H,3-5,10-12,16H2,1-2H3. The van der Waals surface area contributed by atoms with E-state index in [0.717, 1.165) is 43.8 Å². The second kappa shape index (κ2) is 8.95. The van der Waals surface area contributed by atoms with E-state index in [4.69, 9.17) is 15.2 Å². The van der Waals surface area contributed by atoms with E-state index >= 15 is 0 Å². The van der Waals surface area contributed by atoms with Crippen molar-refractivity contribution in [3.8, 4) is 5.75 Å². The molecule has 1 unspecified atom stereocenters. The van der Waals surface area contributed by atoms with Crippen molar-refractivity contribution in [2.75, 3.05) is 19.8 Å². The normalized spacial score (nSPS) is 12.4. The number of hydrogen-bond donors (Lipinski definition) is 1. The summed E-state index contributed by atoms with van der Waals surface area (Å²) in [5, 5.41) is 0. The van der Waals surface area contributed by atoms with E-state index < -0.39 is 0 Å². The number of rotatable bonds is 9. The van der Waals surface area contributed by atoms with Crippen LogP contribution in [0.2, 0.25) is 0 Å². The predicted molar refractivity (Wildman–Crippen MR) is 74.9 cm³/mol. The first-order valence-electron chi connectivity index (χ1n) is 6.84. The lowest BCUT2D eigenvalue weighted by Gasteiger charge is -2.13. The summed E-state index contributed by atoms with van der Waals surface area (Å²) < 4.78 is 11.1. The molecule has 1 atom stereocenters. The number of nitrogens with two attached hydrogens (primary N) is 1. The monoisotopic (exact) mass is 251 g/mol. The lowest BCUT2D eigenvalue weighted by molar-refractivity contribution is 0.121. The molecule has 0 fully saturated rings. The zero-order valence-electron chi connectivity index (χ0n) is 11.5. The van der Waals surface area contributed by atoms with Crippen molar-refractivity contribution in [2.24, 2.45) is 5.73 Å². The van der Waals surface area contributed by atoms with E-state index in [-0.39, 0.29) is 6.04 Å². The Morgan fingerprint density at radius 1 is 1.06 bits per heavy atom. The Bertz CT molecular complexity index is 311. The highest BCUT2D eigenvalue weighted by Gasteiger charge is 2.05. The lowest BCUT2D eigenvalue weighted by Crippen LogP contribution is -2.17. The van der Waals surface area contributed by atoms with Gasteiger partial charge in [-0.05, 0) is 30.5 Å². The van der Waals surface area contributed by atoms with Gasteiger partial charge in [0.05, 0.1) is 19.3 Å². The van der Waals surface area contributed by atoms with Crippen molar-refractivity contribution in [2.45, 2.75) is 39.2 Å². The molecular weight excluding hydrogens is 226 g/mol. The molecular formula is C15H25NO2. The van der Waals surface area contributed by atoms with Crippen molar-refractivity contribution in [1.29, 1.82) is 0 Å². The van der Waals surface area contributed by atoms with Crippen LogP contribution in [0.1, 0.15) is 44.7 Å². The second-order valence-corrected chi connectivity index (χ2v) is 4.45. The Labute approximate surface area is 110 Å². The van der Waals surface area contributed by atoms with Crippen molar-refractivity contribution in [3.05, 3.63) is 29.8 Å². The van der Waals surface area contributed by atoms with Gasteiger partial charge in [-0.1, -0.05) is 32.4 Å². The summed E-state index contributed by atoms with van der Waals surface area (Å²) in [4.78, 5) is 0. The molecule has 0 aliphatic heterocycles. The van der Waals surface area contributed by atoms with Crippen molar-refractivity contribution < 1.29 is 9.47 Å². The first-order valence-corrected chi connectivity index (χ1v) is 6.84. The highest BCUT2D eigenvalue weighted by Crippen LogP contribution is 2.17. The fraction of sp³-hybridized carbons (Fsp3) is 0.600. The third kappa shape index (κ3) is 5.52. The summed E-state index contributed by atoms with van der Waals surface area (Å²) in [6.07, 6.45) is 3.26. The van der Waals surface area contributed by atoms with Gasteiger partial charge in [-0.15, -0.1) is 0 Å². The van der Waals surface area contributed by atoms with E-state index in [0.29, 0.717) is 6.61 Å². The smallest absolute Gasteiger partial charge is 0.119 e. The number of unbranched alkanes of at least 4 members (excludes halogenated alkanes) is 1. The van der Waals surface area contributed by atoms with Crippen LogP contribution in [0.25, 0.3) is 0 Å². The van der Waals surface area contributed by atoms with Gasteiger partial charge in [0.2, 0.25) is 0 Å². The Balaban J connectivity index is 2.38. The van der Waals surface area contributed by atoms with Crippen LogP contribution >= 0.6 is 0 Å². The summed E-state index contributed by atoms with van der Waals surface area (Å²) in [6.45, 7) is 6.37. The van der Waals surface area contributed by atoms with Crippen molar-refractivity contribution >= 4 is 0 Å². The van der Waals surface area contributed by atoms with E-state index in [1.807, 2.05) is 24.3 Å². The Morgan fingerprint density at radius 3 is 2.39 bits per heavy atom. The minimum atomic E-state index is -0.0544. The van der Waals surface area contributed by atoms with Crippen LogP contribution in [0, 0.1) is 0 Å². The number of ether oxygens (including phenoxy) is 2. The van der Waals surface area contributed by atoms with Gasteiger partial charge in [-0.2, -0.15) is 0 Å². The summed E-state index contributed by atoms with van der Waals surface area (Å²) in [5.74, 6) is 0.911. The van der Waals surface area contributed by atoms with Gasteiger partial charge in [-0.25, -0.2) is 0 Å². The molecule has 0 bridgehead atoms. The number of benzene rings is 1. The molecule has 0 amide bonds. The van der Waals surface area contributed by atoms with Crippen LogP contribution < -0.4 is 10.5 Å². The maximum absolute atomic E-state index is 6.04. The molecule has 0 spiro atoms. The molecule has 0 heterocycles. The van der Waals surface area contributed by atoms with Gasteiger partial charge >= 0.3 is 0 Å². The van der Waals surface area contributed by atoms with Gasteiger partial charge in [0.25, 0.3) is 0 Å². The van der Waals surface area contributed by atoms with Crippen molar-refractivity contribution in [1.82, 2.24) is 0 Å². The fourth-order valence-electron chi connectivity index (χ4n) is 1.60. The topological polar surface area (TPSA) is 44.5 Å². The zero-order valence-corrected chi connectivity index (χ0v) is 11.5. The second-order valence-electron chi connectivity index (χ2n) is 4.45. The molecule has 3 heteroatoms. The average molecular weight is 251 g/mol. The van der Waals surface area contributed by atoms with Crippen LogP contribution in [0.15, 0.2) is 24.3 Å². The molecule has 0 radical (unpaired) electrons. The van der Waals surface area contributed by atoms with E-state index in [1.165, 1.54) is 0 Å². The summed E-state index contributed by atoms with van der Waals surface area (Å²) >= 11 is 0. The zero-order chi connectivity index (χ0) is 13.2. The van der Waals surface area contributed by atoms with Gasteiger partial charge < -0.3 is 15.2 Å². The van der Waals surface area contributed by atoms with Crippen LogP contribution in [0.4, 0.5) is 0 Å². The van der Waals surface area contributed by atoms with E-state index in [2.05, 4.69) is 13.8 Å². The van der Waals surface area contributed by atoms with Gasteiger partial charge in [0.15, 0.2) is 0 Å². The molecule has 0 saturated carbocycles. The third-order valence-corrected chi connectivity index (χ3v) is 2.72.